The van der Waals surface area contributed by atoms with E-state index in [1.807, 2.05) is 27.7 Å². The van der Waals surface area contributed by atoms with Crippen LogP contribution in [0.1, 0.15) is 44.7 Å². The fraction of sp³-hybridized carbons (Fsp3) is 0.333. The highest BCUT2D eigenvalue weighted by Gasteiger charge is 2.34. The number of hydrogen-bond acceptors (Lipinski definition) is 4. The molecule has 0 radical (unpaired) electrons. The highest BCUT2D eigenvalue weighted by Crippen LogP contribution is 2.28. The number of carbonyl (C=O) groups excluding carboxylic acids is 2. The number of aryl methyl sites for hydroxylation is 1. The van der Waals surface area contributed by atoms with Crippen LogP contribution in [-0.4, -0.2) is 43.8 Å². The van der Waals surface area contributed by atoms with Gasteiger partial charge in [0.1, 0.15) is 12.6 Å². The maximum absolute atomic E-state index is 14.1. The number of halogens is 2. The van der Waals surface area contributed by atoms with Crippen LogP contribution in [0, 0.1) is 6.92 Å². The van der Waals surface area contributed by atoms with Gasteiger partial charge >= 0.3 is 0 Å². The topological polar surface area (TPSA) is 86.8 Å². The molecule has 2 atom stereocenters. The smallest absolute Gasteiger partial charge is 0.264 e. The minimum Gasteiger partial charge on any atom is -0.352 e. The van der Waals surface area contributed by atoms with Crippen LogP contribution in [-0.2, 0) is 26.2 Å². The van der Waals surface area contributed by atoms with Crippen molar-refractivity contribution in [2.75, 3.05) is 10.8 Å². The first-order valence-corrected chi connectivity index (χ1v) is 15.4. The molecular formula is C30H35Cl2N3O4S. The number of hydrogen-bond donors (Lipinski definition) is 1. The predicted molar refractivity (Wildman–Crippen MR) is 161 cm³/mol. The first-order valence-electron chi connectivity index (χ1n) is 13.2. The Morgan fingerprint density at radius 2 is 1.60 bits per heavy atom. The lowest BCUT2D eigenvalue weighted by Crippen LogP contribution is -2.53. The maximum Gasteiger partial charge on any atom is 0.264 e. The van der Waals surface area contributed by atoms with Crippen LogP contribution < -0.4 is 9.62 Å². The molecule has 0 aliphatic carbocycles. The van der Waals surface area contributed by atoms with Crippen molar-refractivity contribution in [3.8, 4) is 0 Å². The number of nitrogens with one attached hydrogen (secondary N) is 1. The van der Waals surface area contributed by atoms with Gasteiger partial charge in [-0.2, -0.15) is 0 Å². The Labute approximate surface area is 247 Å². The molecule has 0 unspecified atom stereocenters. The normalized spacial score (nSPS) is 12.8. The lowest BCUT2D eigenvalue weighted by molar-refractivity contribution is -0.140. The van der Waals surface area contributed by atoms with Gasteiger partial charge in [-0.05, 0) is 68.7 Å². The van der Waals surface area contributed by atoms with Gasteiger partial charge in [0.05, 0.1) is 10.6 Å². The summed E-state index contributed by atoms with van der Waals surface area (Å²) < 4.78 is 28.8. The number of amides is 2. The molecule has 0 aliphatic heterocycles. The van der Waals surface area contributed by atoms with E-state index in [2.05, 4.69) is 5.32 Å². The molecule has 3 aromatic carbocycles. The summed E-state index contributed by atoms with van der Waals surface area (Å²) in [7, 11) is -4.17. The highest BCUT2D eigenvalue weighted by molar-refractivity contribution is 7.92. The van der Waals surface area contributed by atoms with E-state index < -0.39 is 28.5 Å². The largest absolute Gasteiger partial charge is 0.352 e. The van der Waals surface area contributed by atoms with Crippen LogP contribution in [0.4, 0.5) is 5.69 Å². The summed E-state index contributed by atoms with van der Waals surface area (Å²) in [5, 5.41) is 3.72. The Hall–Kier alpha value is -3.07. The molecule has 0 bridgehead atoms. The molecule has 3 rings (SSSR count). The summed E-state index contributed by atoms with van der Waals surface area (Å²) in [6.07, 6.45) is 1.04. The van der Waals surface area contributed by atoms with Crippen LogP contribution in [0.25, 0.3) is 0 Å². The molecule has 0 saturated carbocycles. The zero-order valence-corrected chi connectivity index (χ0v) is 25.4. The van der Waals surface area contributed by atoms with Gasteiger partial charge in [0.25, 0.3) is 10.0 Å². The number of benzene rings is 3. The number of sulfonamides is 1. The average molecular weight is 605 g/mol. The second-order valence-corrected chi connectivity index (χ2v) is 12.4. The monoisotopic (exact) mass is 603 g/mol. The van der Waals surface area contributed by atoms with Crippen LogP contribution in [0.15, 0.2) is 77.7 Å². The number of anilines is 1. The Bertz CT molecular complexity index is 1430. The zero-order chi connectivity index (χ0) is 29.4. The van der Waals surface area contributed by atoms with E-state index in [4.69, 9.17) is 23.2 Å². The maximum atomic E-state index is 14.1. The van der Waals surface area contributed by atoms with Crippen molar-refractivity contribution in [3.05, 3.63) is 94.0 Å². The minimum atomic E-state index is -4.17. The molecule has 10 heteroatoms. The Morgan fingerprint density at radius 3 is 2.20 bits per heavy atom. The summed E-state index contributed by atoms with van der Waals surface area (Å²) in [4.78, 5) is 28.8. The number of rotatable bonds is 12. The Morgan fingerprint density at radius 1 is 0.925 bits per heavy atom. The van der Waals surface area contributed by atoms with E-state index in [0.717, 1.165) is 16.3 Å². The lowest BCUT2D eigenvalue weighted by Gasteiger charge is -2.34. The van der Waals surface area contributed by atoms with Crippen molar-refractivity contribution < 1.29 is 18.0 Å². The van der Waals surface area contributed by atoms with Crippen LogP contribution in [0.2, 0.25) is 10.0 Å². The SMILES string of the molecule is CC[C@@H](C)NC(=O)[C@H](CC)N(Cc1ccccc1Cl)C(=O)CN(c1cccc(Cl)c1)S(=O)(=O)c1ccc(C)cc1. The molecule has 0 fully saturated rings. The van der Waals surface area contributed by atoms with Crippen molar-refractivity contribution in [2.45, 2.75) is 64.1 Å². The van der Waals surface area contributed by atoms with Gasteiger partial charge in [-0.3, -0.25) is 13.9 Å². The van der Waals surface area contributed by atoms with E-state index in [9.17, 15) is 18.0 Å². The second kappa shape index (κ2) is 14.0. The first-order chi connectivity index (χ1) is 19.0. The van der Waals surface area contributed by atoms with Gasteiger partial charge < -0.3 is 10.2 Å². The van der Waals surface area contributed by atoms with Gasteiger partial charge in [-0.15, -0.1) is 0 Å². The van der Waals surface area contributed by atoms with E-state index >= 15 is 0 Å². The van der Waals surface area contributed by atoms with Crippen molar-refractivity contribution in [1.29, 1.82) is 0 Å². The van der Waals surface area contributed by atoms with Crippen molar-refractivity contribution in [2.24, 2.45) is 0 Å². The van der Waals surface area contributed by atoms with Gasteiger partial charge in [-0.25, -0.2) is 8.42 Å². The molecule has 0 spiro atoms. The predicted octanol–water partition coefficient (Wildman–Crippen LogP) is 6.22. The van der Waals surface area contributed by atoms with Crippen molar-refractivity contribution >= 4 is 50.7 Å². The quantitative estimate of drug-likeness (QED) is 0.266. The van der Waals surface area contributed by atoms with Crippen LogP contribution in [0.3, 0.4) is 0 Å². The van der Waals surface area contributed by atoms with E-state index in [1.165, 1.54) is 23.1 Å². The van der Waals surface area contributed by atoms with Crippen LogP contribution in [0.5, 0.6) is 0 Å². The minimum absolute atomic E-state index is 0.0267. The Balaban J connectivity index is 2.07. The number of carbonyl (C=O) groups is 2. The molecule has 0 aliphatic rings. The van der Waals surface area contributed by atoms with Crippen molar-refractivity contribution in [1.82, 2.24) is 10.2 Å². The molecule has 214 valence electrons. The summed E-state index contributed by atoms with van der Waals surface area (Å²) in [6.45, 7) is 6.99. The van der Waals surface area contributed by atoms with Gasteiger partial charge in [0.2, 0.25) is 11.8 Å². The van der Waals surface area contributed by atoms with Gasteiger partial charge in [0.15, 0.2) is 0 Å². The summed E-state index contributed by atoms with van der Waals surface area (Å²) >= 11 is 12.7. The fourth-order valence-electron chi connectivity index (χ4n) is 4.17. The first kappa shape index (κ1) is 31.5. The third kappa shape index (κ3) is 7.77. The average Bonchev–Trinajstić information content (AvgIpc) is 2.92. The van der Waals surface area contributed by atoms with E-state index in [1.54, 1.807) is 54.6 Å². The molecule has 7 nitrogen and oxygen atoms in total. The standard InChI is InChI=1S/C30H35Cl2N3O4S/c1-5-22(4)33-30(37)28(6-2)34(19-23-10-7-8-13-27(23)32)29(36)20-35(25-12-9-11-24(31)18-25)40(38,39)26-16-14-21(3)15-17-26/h7-18,22,28H,5-6,19-20H2,1-4H3,(H,33,37)/t22-,28+/m1/s1. The van der Waals surface area contributed by atoms with E-state index in [0.29, 0.717) is 22.0 Å². The van der Waals surface area contributed by atoms with Gasteiger partial charge in [-0.1, -0.05) is 79.0 Å². The Kier molecular flexibility index (Phi) is 11.0. The number of nitrogens with zero attached hydrogens (tertiary/aromatic N) is 2. The third-order valence-corrected chi connectivity index (χ3v) is 9.06. The second-order valence-electron chi connectivity index (χ2n) is 9.66. The molecule has 3 aromatic rings. The van der Waals surface area contributed by atoms with E-state index in [-0.39, 0.29) is 29.1 Å². The van der Waals surface area contributed by atoms with Gasteiger partial charge in [0, 0.05) is 22.6 Å². The third-order valence-electron chi connectivity index (χ3n) is 6.67. The van der Waals surface area contributed by atoms with Crippen molar-refractivity contribution in [3.63, 3.8) is 0 Å². The molecular weight excluding hydrogens is 569 g/mol. The zero-order valence-electron chi connectivity index (χ0n) is 23.1. The highest BCUT2D eigenvalue weighted by atomic mass is 35.5. The van der Waals surface area contributed by atoms with Crippen LogP contribution >= 0.6 is 23.2 Å². The molecule has 0 heterocycles. The molecule has 1 N–H and O–H groups in total. The molecule has 40 heavy (non-hydrogen) atoms. The fourth-order valence-corrected chi connectivity index (χ4v) is 5.95. The summed E-state index contributed by atoms with van der Waals surface area (Å²) in [5.74, 6) is -0.866. The molecule has 0 saturated heterocycles. The molecule has 0 aromatic heterocycles. The summed E-state index contributed by atoms with van der Waals surface area (Å²) in [6, 6.07) is 18.8. The summed E-state index contributed by atoms with van der Waals surface area (Å²) in [5.41, 5.74) is 1.77. The molecule has 2 amide bonds. The lowest BCUT2D eigenvalue weighted by atomic mass is 10.1.